The number of nitrogens with zero attached hydrogens (tertiary/aromatic N) is 1. The first-order valence-corrected chi connectivity index (χ1v) is 6.80. The third-order valence-corrected chi connectivity index (χ3v) is 3.73. The molecular weight excluding hydrogens is 224 g/mol. The maximum Gasteiger partial charge on any atom is 0.0558 e. The first-order valence-electron chi connectivity index (χ1n) is 6.80. The molecule has 1 saturated heterocycles. The summed E-state index contributed by atoms with van der Waals surface area (Å²) in [6, 6.07) is 10.5. The van der Waals surface area contributed by atoms with Gasteiger partial charge in [-0.05, 0) is 23.9 Å². The average molecular weight is 248 g/mol. The fraction of sp³-hybridized carbons (Fsp3) is 0.600. The predicted molar refractivity (Wildman–Crippen MR) is 74.4 cm³/mol. The molecule has 0 spiro atoms. The average Bonchev–Trinajstić information content (AvgIpc) is 2.77. The fourth-order valence-corrected chi connectivity index (χ4v) is 2.74. The van der Waals surface area contributed by atoms with E-state index in [0.717, 1.165) is 32.7 Å². The van der Waals surface area contributed by atoms with Gasteiger partial charge in [0.1, 0.15) is 0 Å². The molecule has 0 aromatic heterocycles. The SMILES string of the molecule is CC1(CN(CCO)Cc2ccccc2)CCNC1. The molecule has 1 fully saturated rings. The van der Waals surface area contributed by atoms with Gasteiger partial charge >= 0.3 is 0 Å². The Kier molecular flexibility index (Phi) is 4.75. The maximum absolute atomic E-state index is 9.22. The van der Waals surface area contributed by atoms with Crippen molar-refractivity contribution < 1.29 is 5.11 Å². The van der Waals surface area contributed by atoms with Crippen LogP contribution >= 0.6 is 0 Å². The standard InChI is InChI=1S/C15H24N2O/c1-15(7-8-16-12-15)13-17(9-10-18)11-14-5-3-2-4-6-14/h2-6,16,18H,7-13H2,1H3. The van der Waals surface area contributed by atoms with Gasteiger partial charge in [-0.1, -0.05) is 37.3 Å². The van der Waals surface area contributed by atoms with Gasteiger partial charge in [0.05, 0.1) is 6.61 Å². The van der Waals surface area contributed by atoms with Gasteiger partial charge in [0.2, 0.25) is 0 Å². The fourth-order valence-electron chi connectivity index (χ4n) is 2.74. The zero-order valence-corrected chi connectivity index (χ0v) is 11.2. The van der Waals surface area contributed by atoms with E-state index >= 15 is 0 Å². The third-order valence-electron chi connectivity index (χ3n) is 3.73. The Hall–Kier alpha value is -0.900. The lowest BCUT2D eigenvalue weighted by atomic mass is 9.89. The zero-order chi connectivity index (χ0) is 12.8. The van der Waals surface area contributed by atoms with E-state index < -0.39 is 0 Å². The number of aliphatic hydroxyl groups is 1. The van der Waals surface area contributed by atoms with Crippen molar-refractivity contribution in [1.29, 1.82) is 0 Å². The van der Waals surface area contributed by atoms with Crippen molar-refractivity contribution in [2.24, 2.45) is 5.41 Å². The molecule has 2 rings (SSSR count). The first kappa shape index (κ1) is 13.5. The molecule has 3 heteroatoms. The molecule has 0 aliphatic carbocycles. The van der Waals surface area contributed by atoms with Crippen molar-refractivity contribution in [3.05, 3.63) is 35.9 Å². The lowest BCUT2D eigenvalue weighted by molar-refractivity contribution is 0.138. The van der Waals surface area contributed by atoms with Crippen LogP contribution in [0.5, 0.6) is 0 Å². The second kappa shape index (κ2) is 6.32. The Morgan fingerprint density at radius 2 is 2.11 bits per heavy atom. The normalized spacial score (nSPS) is 23.7. The highest BCUT2D eigenvalue weighted by atomic mass is 16.3. The van der Waals surface area contributed by atoms with Crippen LogP contribution in [0.1, 0.15) is 18.9 Å². The van der Waals surface area contributed by atoms with E-state index in [4.69, 9.17) is 0 Å². The third kappa shape index (κ3) is 3.80. The Bertz CT molecular complexity index is 347. The van der Waals surface area contributed by atoms with Gasteiger partial charge in [0.25, 0.3) is 0 Å². The summed E-state index contributed by atoms with van der Waals surface area (Å²) in [5.74, 6) is 0. The second-order valence-corrected chi connectivity index (χ2v) is 5.66. The van der Waals surface area contributed by atoms with Crippen molar-refractivity contribution in [1.82, 2.24) is 10.2 Å². The van der Waals surface area contributed by atoms with E-state index in [0.29, 0.717) is 5.41 Å². The summed E-state index contributed by atoms with van der Waals surface area (Å²) in [5.41, 5.74) is 1.67. The van der Waals surface area contributed by atoms with Gasteiger partial charge < -0.3 is 10.4 Å². The number of benzene rings is 1. The topological polar surface area (TPSA) is 35.5 Å². The lowest BCUT2D eigenvalue weighted by Gasteiger charge is -2.31. The molecule has 2 N–H and O–H groups in total. The molecule has 18 heavy (non-hydrogen) atoms. The molecular formula is C15H24N2O. The van der Waals surface area contributed by atoms with Gasteiger partial charge in [-0.2, -0.15) is 0 Å². The van der Waals surface area contributed by atoms with Crippen LogP contribution in [0.4, 0.5) is 0 Å². The molecule has 1 atom stereocenters. The molecule has 1 aliphatic rings. The highest BCUT2D eigenvalue weighted by Gasteiger charge is 2.30. The van der Waals surface area contributed by atoms with Crippen LogP contribution in [0.25, 0.3) is 0 Å². The van der Waals surface area contributed by atoms with Crippen molar-refractivity contribution in [3.63, 3.8) is 0 Å². The van der Waals surface area contributed by atoms with E-state index in [-0.39, 0.29) is 6.61 Å². The summed E-state index contributed by atoms with van der Waals surface area (Å²) in [5, 5.41) is 12.7. The molecule has 1 aromatic rings. The molecule has 1 aliphatic heterocycles. The van der Waals surface area contributed by atoms with Crippen molar-refractivity contribution in [2.45, 2.75) is 19.9 Å². The largest absolute Gasteiger partial charge is 0.395 e. The maximum atomic E-state index is 9.22. The van der Waals surface area contributed by atoms with E-state index in [1.165, 1.54) is 12.0 Å². The summed E-state index contributed by atoms with van der Waals surface area (Å²) in [4.78, 5) is 2.36. The smallest absolute Gasteiger partial charge is 0.0558 e. The molecule has 1 aromatic carbocycles. The van der Waals surface area contributed by atoms with Gasteiger partial charge in [0, 0.05) is 26.2 Å². The summed E-state index contributed by atoms with van der Waals surface area (Å²) in [6.07, 6.45) is 1.23. The Labute approximate surface area is 110 Å². The van der Waals surface area contributed by atoms with E-state index in [1.54, 1.807) is 0 Å². The number of nitrogens with one attached hydrogen (secondary N) is 1. The Morgan fingerprint density at radius 1 is 1.33 bits per heavy atom. The summed E-state index contributed by atoms with van der Waals surface area (Å²) < 4.78 is 0. The molecule has 0 saturated carbocycles. The van der Waals surface area contributed by atoms with Gasteiger partial charge in [0.15, 0.2) is 0 Å². The minimum Gasteiger partial charge on any atom is -0.395 e. The number of aliphatic hydroxyl groups excluding tert-OH is 1. The Balaban J connectivity index is 1.95. The molecule has 1 heterocycles. The van der Waals surface area contributed by atoms with Crippen molar-refractivity contribution in [2.75, 3.05) is 32.8 Å². The highest BCUT2D eigenvalue weighted by molar-refractivity contribution is 5.14. The highest BCUT2D eigenvalue weighted by Crippen LogP contribution is 2.26. The molecule has 3 nitrogen and oxygen atoms in total. The van der Waals surface area contributed by atoms with Crippen LogP contribution in [-0.2, 0) is 6.54 Å². The summed E-state index contributed by atoms with van der Waals surface area (Å²) >= 11 is 0. The lowest BCUT2D eigenvalue weighted by Crippen LogP contribution is -2.38. The van der Waals surface area contributed by atoms with E-state index in [2.05, 4.69) is 41.4 Å². The second-order valence-electron chi connectivity index (χ2n) is 5.66. The minimum absolute atomic E-state index is 0.232. The van der Waals surface area contributed by atoms with Crippen molar-refractivity contribution >= 4 is 0 Å². The van der Waals surface area contributed by atoms with Crippen molar-refractivity contribution in [3.8, 4) is 0 Å². The van der Waals surface area contributed by atoms with E-state index in [9.17, 15) is 5.11 Å². The molecule has 100 valence electrons. The van der Waals surface area contributed by atoms with Gasteiger partial charge in [-0.15, -0.1) is 0 Å². The van der Waals surface area contributed by atoms with Crippen LogP contribution in [-0.4, -0.2) is 42.8 Å². The van der Waals surface area contributed by atoms with Crippen LogP contribution in [0.3, 0.4) is 0 Å². The minimum atomic E-state index is 0.232. The van der Waals surface area contributed by atoms with E-state index in [1.807, 2.05) is 6.07 Å². The van der Waals surface area contributed by atoms with Crippen LogP contribution in [0.2, 0.25) is 0 Å². The number of rotatable bonds is 6. The van der Waals surface area contributed by atoms with Gasteiger partial charge in [-0.25, -0.2) is 0 Å². The summed E-state index contributed by atoms with van der Waals surface area (Å²) in [6.45, 7) is 7.51. The molecule has 0 bridgehead atoms. The first-order chi connectivity index (χ1) is 8.72. The summed E-state index contributed by atoms with van der Waals surface area (Å²) in [7, 11) is 0. The van der Waals surface area contributed by atoms with Crippen LogP contribution < -0.4 is 5.32 Å². The predicted octanol–water partition coefficient (Wildman–Crippen LogP) is 1.48. The monoisotopic (exact) mass is 248 g/mol. The van der Waals surface area contributed by atoms with Gasteiger partial charge in [-0.3, -0.25) is 4.90 Å². The van der Waals surface area contributed by atoms with Crippen LogP contribution in [0, 0.1) is 5.41 Å². The number of hydrogen-bond acceptors (Lipinski definition) is 3. The molecule has 1 unspecified atom stereocenters. The van der Waals surface area contributed by atoms with Crippen LogP contribution in [0.15, 0.2) is 30.3 Å². The quantitative estimate of drug-likeness (QED) is 0.800. The number of hydrogen-bond donors (Lipinski definition) is 2. The molecule has 0 radical (unpaired) electrons. The zero-order valence-electron chi connectivity index (χ0n) is 11.2. The molecule has 0 amide bonds. The Morgan fingerprint density at radius 3 is 2.72 bits per heavy atom.